The quantitative estimate of drug-likeness (QED) is 0.248. The van der Waals surface area contributed by atoms with Crippen LogP contribution in [0.3, 0.4) is 0 Å². The Kier molecular flexibility index (Phi) is 12.0. The summed E-state index contributed by atoms with van der Waals surface area (Å²) in [6.07, 6.45) is 15.8. The maximum absolute atomic E-state index is 11.2. The van der Waals surface area contributed by atoms with Gasteiger partial charge < -0.3 is 4.74 Å². The number of hydrogen-bond donors (Lipinski definition) is 0. The SMILES string of the molecule is CCCCCCCCCCCCCCOc1ccc(S(=O)(=O)Cl)cc1. The van der Waals surface area contributed by atoms with Gasteiger partial charge in [-0.1, -0.05) is 77.6 Å². The molecule has 0 aliphatic heterocycles. The van der Waals surface area contributed by atoms with Crippen molar-refractivity contribution in [3.8, 4) is 5.75 Å². The third-order valence-corrected chi connectivity index (χ3v) is 5.74. The van der Waals surface area contributed by atoms with Crippen LogP contribution in [-0.2, 0) is 9.05 Å². The Morgan fingerprint density at radius 2 is 1.20 bits per heavy atom. The molecule has 0 fully saturated rings. The molecule has 0 spiro atoms. The van der Waals surface area contributed by atoms with Crippen molar-refractivity contribution in [3.63, 3.8) is 0 Å². The van der Waals surface area contributed by atoms with E-state index in [1.807, 2.05) is 0 Å². The van der Waals surface area contributed by atoms with E-state index in [0.717, 1.165) is 6.42 Å². The van der Waals surface area contributed by atoms with Crippen molar-refractivity contribution >= 4 is 19.7 Å². The average Bonchev–Trinajstić information content (AvgIpc) is 2.58. The lowest BCUT2D eigenvalue weighted by molar-refractivity contribution is 0.304. The van der Waals surface area contributed by atoms with Crippen LogP contribution in [0.4, 0.5) is 0 Å². The molecule has 1 rings (SSSR count). The minimum absolute atomic E-state index is 0.104. The molecular weight excluding hydrogens is 356 g/mol. The molecule has 3 nitrogen and oxygen atoms in total. The van der Waals surface area contributed by atoms with Crippen molar-refractivity contribution in [2.75, 3.05) is 6.61 Å². The van der Waals surface area contributed by atoms with Crippen molar-refractivity contribution in [3.05, 3.63) is 24.3 Å². The molecule has 5 heteroatoms. The molecule has 1 aromatic carbocycles. The molecule has 0 atom stereocenters. The number of halogens is 1. The van der Waals surface area contributed by atoms with Crippen molar-refractivity contribution in [1.82, 2.24) is 0 Å². The predicted octanol–water partition coefficient (Wildman–Crippen LogP) is 6.69. The van der Waals surface area contributed by atoms with Crippen molar-refractivity contribution in [2.24, 2.45) is 0 Å². The van der Waals surface area contributed by atoms with E-state index in [2.05, 4.69) is 6.92 Å². The van der Waals surface area contributed by atoms with Crippen LogP contribution in [-0.4, -0.2) is 15.0 Å². The molecule has 0 bridgehead atoms. The lowest BCUT2D eigenvalue weighted by atomic mass is 10.1. The fourth-order valence-corrected chi connectivity index (χ4v) is 3.60. The van der Waals surface area contributed by atoms with Crippen LogP contribution in [0.5, 0.6) is 5.75 Å². The number of benzene rings is 1. The number of unbranched alkanes of at least 4 members (excludes halogenated alkanes) is 11. The minimum Gasteiger partial charge on any atom is -0.494 e. The third-order valence-electron chi connectivity index (χ3n) is 4.37. The molecule has 25 heavy (non-hydrogen) atoms. The van der Waals surface area contributed by atoms with Crippen LogP contribution >= 0.6 is 10.7 Å². The van der Waals surface area contributed by atoms with Gasteiger partial charge in [-0.2, -0.15) is 0 Å². The highest BCUT2D eigenvalue weighted by Gasteiger charge is 2.08. The predicted molar refractivity (Wildman–Crippen MR) is 106 cm³/mol. The molecule has 0 unspecified atom stereocenters. The first-order chi connectivity index (χ1) is 12.0. The smallest absolute Gasteiger partial charge is 0.261 e. The molecule has 0 radical (unpaired) electrons. The maximum atomic E-state index is 11.2. The second-order valence-electron chi connectivity index (χ2n) is 6.65. The molecule has 0 N–H and O–H groups in total. The Hall–Kier alpha value is -0.740. The zero-order valence-corrected chi connectivity index (χ0v) is 17.1. The van der Waals surface area contributed by atoms with Gasteiger partial charge in [0.15, 0.2) is 0 Å². The molecule has 0 aromatic heterocycles. The van der Waals surface area contributed by atoms with Gasteiger partial charge in [-0.25, -0.2) is 8.42 Å². The number of ether oxygens (including phenoxy) is 1. The van der Waals surface area contributed by atoms with Crippen LogP contribution in [0.25, 0.3) is 0 Å². The topological polar surface area (TPSA) is 43.4 Å². The van der Waals surface area contributed by atoms with E-state index >= 15 is 0 Å². The average molecular weight is 389 g/mol. The van der Waals surface area contributed by atoms with Crippen LogP contribution in [0.1, 0.15) is 84.0 Å². The molecule has 0 aliphatic rings. The summed E-state index contributed by atoms with van der Waals surface area (Å²) >= 11 is 0. The number of rotatable bonds is 15. The highest BCUT2D eigenvalue weighted by Crippen LogP contribution is 2.19. The first-order valence-electron chi connectivity index (χ1n) is 9.71. The summed E-state index contributed by atoms with van der Waals surface area (Å²) in [5.74, 6) is 0.687. The van der Waals surface area contributed by atoms with Gasteiger partial charge in [0.25, 0.3) is 9.05 Å². The minimum atomic E-state index is -3.65. The van der Waals surface area contributed by atoms with Gasteiger partial charge in [-0.05, 0) is 30.7 Å². The van der Waals surface area contributed by atoms with E-state index in [4.69, 9.17) is 15.4 Å². The first-order valence-corrected chi connectivity index (χ1v) is 12.0. The molecule has 0 aliphatic carbocycles. The van der Waals surface area contributed by atoms with E-state index in [1.54, 1.807) is 12.1 Å². The van der Waals surface area contributed by atoms with Crippen molar-refractivity contribution in [2.45, 2.75) is 88.9 Å². The van der Waals surface area contributed by atoms with Gasteiger partial charge in [0.05, 0.1) is 11.5 Å². The van der Waals surface area contributed by atoms with Gasteiger partial charge in [-0.3, -0.25) is 0 Å². The van der Waals surface area contributed by atoms with Crippen LogP contribution in [0.15, 0.2) is 29.2 Å². The molecule has 0 amide bonds. The maximum Gasteiger partial charge on any atom is 0.261 e. The summed E-state index contributed by atoms with van der Waals surface area (Å²) in [5.41, 5.74) is 0. The fourth-order valence-electron chi connectivity index (χ4n) is 2.83. The van der Waals surface area contributed by atoms with Crippen LogP contribution in [0, 0.1) is 0 Å². The second kappa shape index (κ2) is 13.5. The highest BCUT2D eigenvalue weighted by molar-refractivity contribution is 8.13. The van der Waals surface area contributed by atoms with E-state index in [1.165, 1.54) is 82.8 Å². The summed E-state index contributed by atoms with van der Waals surface area (Å²) in [7, 11) is 1.63. The van der Waals surface area contributed by atoms with E-state index < -0.39 is 9.05 Å². The largest absolute Gasteiger partial charge is 0.494 e. The van der Waals surface area contributed by atoms with E-state index in [0.29, 0.717) is 12.4 Å². The van der Waals surface area contributed by atoms with Crippen molar-refractivity contribution in [1.29, 1.82) is 0 Å². The molecule has 0 heterocycles. The zero-order chi connectivity index (χ0) is 18.4. The van der Waals surface area contributed by atoms with Crippen molar-refractivity contribution < 1.29 is 13.2 Å². The second-order valence-corrected chi connectivity index (χ2v) is 9.21. The molecule has 1 aromatic rings. The summed E-state index contributed by atoms with van der Waals surface area (Å²) in [5, 5.41) is 0. The summed E-state index contributed by atoms with van der Waals surface area (Å²) in [4.78, 5) is 0.104. The zero-order valence-electron chi connectivity index (χ0n) is 15.5. The lowest BCUT2D eigenvalue weighted by Gasteiger charge is -2.06. The van der Waals surface area contributed by atoms with Crippen LogP contribution in [0.2, 0.25) is 0 Å². The third kappa shape index (κ3) is 11.5. The lowest BCUT2D eigenvalue weighted by Crippen LogP contribution is -1.98. The summed E-state index contributed by atoms with van der Waals surface area (Å²) < 4.78 is 27.9. The van der Waals surface area contributed by atoms with Gasteiger partial charge >= 0.3 is 0 Å². The highest BCUT2D eigenvalue weighted by atomic mass is 35.7. The molecule has 144 valence electrons. The summed E-state index contributed by atoms with van der Waals surface area (Å²) in [6.45, 7) is 2.93. The van der Waals surface area contributed by atoms with Gasteiger partial charge in [0.1, 0.15) is 5.75 Å². The summed E-state index contributed by atoms with van der Waals surface area (Å²) in [6, 6.07) is 6.24. The Morgan fingerprint density at radius 3 is 1.64 bits per heavy atom. The van der Waals surface area contributed by atoms with Gasteiger partial charge in [0.2, 0.25) is 0 Å². The Balaban J connectivity index is 1.93. The Morgan fingerprint density at radius 1 is 0.760 bits per heavy atom. The Labute approximate surface area is 158 Å². The molecule has 0 saturated heterocycles. The van der Waals surface area contributed by atoms with Gasteiger partial charge in [0, 0.05) is 10.7 Å². The fraction of sp³-hybridized carbons (Fsp3) is 0.700. The monoisotopic (exact) mass is 388 g/mol. The molecular formula is C20H33ClO3S. The Bertz CT molecular complexity index is 541. The van der Waals surface area contributed by atoms with Gasteiger partial charge in [-0.15, -0.1) is 0 Å². The van der Waals surface area contributed by atoms with E-state index in [-0.39, 0.29) is 4.90 Å². The molecule has 0 saturated carbocycles. The number of hydrogen-bond acceptors (Lipinski definition) is 3. The van der Waals surface area contributed by atoms with Crippen LogP contribution < -0.4 is 4.74 Å². The van der Waals surface area contributed by atoms with E-state index in [9.17, 15) is 8.42 Å². The standard InChI is InChI=1S/C20H33ClO3S/c1-2-3-4-5-6-7-8-9-10-11-12-13-18-24-19-14-16-20(17-15-19)25(21,22)23/h14-17H,2-13,18H2,1H3. The normalized spacial score (nSPS) is 11.6. The first kappa shape index (κ1) is 22.3.